The lowest BCUT2D eigenvalue weighted by Gasteiger charge is -2.19. The molecule has 8 nitrogen and oxygen atoms in total. The molecule has 0 saturated heterocycles. The molecule has 1 N–H and O–H groups in total. The van der Waals surface area contributed by atoms with Gasteiger partial charge in [-0.1, -0.05) is 0 Å². The average Bonchev–Trinajstić information content (AvgIpc) is 3.00. The molecule has 4 rings (SSSR count). The molecule has 138 valence electrons. The number of hydrogen-bond donors (Lipinski definition) is 1. The molecule has 0 fully saturated rings. The summed E-state index contributed by atoms with van der Waals surface area (Å²) in [6, 6.07) is 6.29. The van der Waals surface area contributed by atoms with Gasteiger partial charge in [0.05, 0.1) is 5.69 Å². The Morgan fingerprint density at radius 1 is 1.08 bits per heavy atom. The molecule has 9 heteroatoms. The normalized spacial score (nSPS) is 16.8. The van der Waals surface area contributed by atoms with E-state index in [9.17, 15) is 13.2 Å². The maximum Gasteiger partial charge on any atom is 0.270 e. The number of carbonyl (C=O) groups is 1. The van der Waals surface area contributed by atoms with E-state index in [0.29, 0.717) is 49.2 Å². The van der Waals surface area contributed by atoms with Crippen molar-refractivity contribution >= 4 is 21.6 Å². The second kappa shape index (κ2) is 6.24. The lowest BCUT2D eigenvalue weighted by molar-refractivity contribution is 0.0796. The van der Waals surface area contributed by atoms with Crippen molar-refractivity contribution in [3.8, 4) is 11.5 Å². The van der Waals surface area contributed by atoms with Crippen molar-refractivity contribution in [2.24, 2.45) is 0 Å². The molecular weight excluding hydrogens is 358 g/mol. The van der Waals surface area contributed by atoms with Gasteiger partial charge in [0.15, 0.2) is 11.5 Å². The van der Waals surface area contributed by atoms with Crippen LogP contribution < -0.4 is 14.2 Å². The fourth-order valence-corrected chi connectivity index (χ4v) is 4.18. The summed E-state index contributed by atoms with van der Waals surface area (Å²) in [4.78, 5) is 14.0. The van der Waals surface area contributed by atoms with E-state index in [1.165, 1.54) is 12.3 Å². The predicted octanol–water partition coefficient (Wildman–Crippen LogP) is 1.54. The Balaban J connectivity index is 1.62. The Labute approximate surface area is 151 Å². The minimum absolute atomic E-state index is 0.0611. The van der Waals surface area contributed by atoms with Crippen LogP contribution in [0, 0.1) is 0 Å². The summed E-state index contributed by atoms with van der Waals surface area (Å²) in [7, 11) is -2.11. The summed E-state index contributed by atoms with van der Waals surface area (Å²) >= 11 is 0. The molecule has 26 heavy (non-hydrogen) atoms. The highest BCUT2D eigenvalue weighted by Gasteiger charge is 2.25. The van der Waals surface area contributed by atoms with Crippen LogP contribution in [0.1, 0.15) is 16.9 Å². The summed E-state index contributed by atoms with van der Waals surface area (Å²) in [5.74, 6) is 0.910. The first-order valence-electron chi connectivity index (χ1n) is 8.32. The Hall–Kier alpha value is -2.68. The molecule has 2 aliphatic heterocycles. The molecule has 0 spiro atoms. The third-order valence-electron chi connectivity index (χ3n) is 4.43. The lowest BCUT2D eigenvalue weighted by atomic mass is 10.3. The molecule has 0 atom stereocenters. The van der Waals surface area contributed by atoms with E-state index in [1.807, 2.05) is 0 Å². The number of fused-ring (bicyclic) bond motifs is 2. The van der Waals surface area contributed by atoms with Gasteiger partial charge in [-0.2, -0.15) is 0 Å². The largest absolute Gasteiger partial charge is 0.486 e. The van der Waals surface area contributed by atoms with Gasteiger partial charge >= 0.3 is 0 Å². The smallest absolute Gasteiger partial charge is 0.270 e. The van der Waals surface area contributed by atoms with Gasteiger partial charge in [0.1, 0.15) is 23.8 Å². The molecule has 1 aromatic carbocycles. The molecule has 1 amide bonds. The molecule has 0 unspecified atom stereocenters. The first-order chi connectivity index (χ1) is 12.4. The van der Waals surface area contributed by atoms with Crippen LogP contribution in [0.3, 0.4) is 0 Å². The molecule has 0 saturated carbocycles. The Morgan fingerprint density at radius 2 is 1.85 bits per heavy atom. The molecular formula is C17H19N3O5S. The second-order valence-corrected chi connectivity index (χ2v) is 7.98. The van der Waals surface area contributed by atoms with E-state index in [4.69, 9.17) is 9.47 Å². The third kappa shape index (κ3) is 2.98. The van der Waals surface area contributed by atoms with E-state index in [0.717, 1.165) is 6.42 Å². The van der Waals surface area contributed by atoms with Gasteiger partial charge < -0.3 is 18.9 Å². The molecule has 2 aliphatic rings. The maximum atomic E-state index is 12.7. The zero-order valence-electron chi connectivity index (χ0n) is 14.3. The zero-order chi connectivity index (χ0) is 18.3. The summed E-state index contributed by atoms with van der Waals surface area (Å²) in [5.41, 5.74) is 0.756. The van der Waals surface area contributed by atoms with Crippen molar-refractivity contribution in [3.05, 3.63) is 36.2 Å². The quantitative estimate of drug-likeness (QED) is 0.876. The number of nitrogens with zero attached hydrogens (tertiary/aromatic N) is 2. The van der Waals surface area contributed by atoms with Crippen LogP contribution in [-0.2, 0) is 16.6 Å². The highest BCUT2D eigenvalue weighted by molar-refractivity contribution is 7.92. The Morgan fingerprint density at radius 3 is 2.65 bits per heavy atom. The van der Waals surface area contributed by atoms with E-state index < -0.39 is 10.0 Å². The van der Waals surface area contributed by atoms with Crippen molar-refractivity contribution in [1.82, 2.24) is 9.47 Å². The summed E-state index contributed by atoms with van der Waals surface area (Å²) in [6.07, 6.45) is 2.28. The summed E-state index contributed by atoms with van der Waals surface area (Å²) in [5, 5.41) is 0. The van der Waals surface area contributed by atoms with E-state index in [-0.39, 0.29) is 10.8 Å². The highest BCUT2D eigenvalue weighted by Crippen LogP contribution is 2.33. The summed E-state index contributed by atoms with van der Waals surface area (Å²) < 4.78 is 40.6. The van der Waals surface area contributed by atoms with E-state index >= 15 is 0 Å². The number of hydrogen-bond acceptors (Lipinski definition) is 5. The number of amides is 1. The van der Waals surface area contributed by atoms with Crippen LogP contribution >= 0.6 is 0 Å². The van der Waals surface area contributed by atoms with Crippen LogP contribution in [0.4, 0.5) is 5.69 Å². The number of sulfonamides is 1. The molecule has 3 heterocycles. The fraction of sp³-hybridized carbons (Fsp3) is 0.353. The minimum atomic E-state index is -3.82. The number of aromatic nitrogens is 1. The van der Waals surface area contributed by atoms with Crippen molar-refractivity contribution < 1.29 is 22.7 Å². The fourth-order valence-electron chi connectivity index (χ4n) is 3.09. The van der Waals surface area contributed by atoms with Gasteiger partial charge in [-0.15, -0.1) is 0 Å². The molecule has 2 aromatic rings. The van der Waals surface area contributed by atoms with Gasteiger partial charge in [0.25, 0.3) is 15.9 Å². The predicted molar refractivity (Wildman–Crippen MR) is 94.3 cm³/mol. The number of carbonyl (C=O) groups excluding carboxylic acids is 1. The molecule has 1 aromatic heterocycles. The number of ether oxygens (including phenoxy) is 2. The Bertz CT molecular complexity index is 967. The van der Waals surface area contributed by atoms with Crippen LogP contribution in [0.5, 0.6) is 11.5 Å². The van der Waals surface area contributed by atoms with Crippen LogP contribution in [0.15, 0.2) is 35.4 Å². The highest BCUT2D eigenvalue weighted by atomic mass is 32.2. The van der Waals surface area contributed by atoms with E-state index in [1.54, 1.807) is 34.7 Å². The van der Waals surface area contributed by atoms with Crippen molar-refractivity contribution in [1.29, 1.82) is 0 Å². The molecule has 0 bridgehead atoms. The molecule has 0 radical (unpaired) electrons. The monoisotopic (exact) mass is 377 g/mol. The number of benzene rings is 1. The van der Waals surface area contributed by atoms with Gasteiger partial charge in [-0.25, -0.2) is 8.42 Å². The zero-order valence-corrected chi connectivity index (χ0v) is 15.1. The standard InChI is InChI=1S/C17H19N3O5S/c1-19-5-2-6-20-11-13(10-14(20)17(19)21)26(22,23)18-12-3-4-15-16(9-12)25-8-7-24-15/h3-4,9-11,18H,2,5-8H2,1H3. The van der Waals surface area contributed by atoms with Crippen LogP contribution in [0.25, 0.3) is 0 Å². The minimum Gasteiger partial charge on any atom is -0.486 e. The second-order valence-electron chi connectivity index (χ2n) is 6.30. The van der Waals surface area contributed by atoms with Crippen molar-refractivity contribution in [3.63, 3.8) is 0 Å². The van der Waals surface area contributed by atoms with Gasteiger partial charge in [0.2, 0.25) is 0 Å². The topological polar surface area (TPSA) is 89.9 Å². The number of anilines is 1. The number of nitrogens with one attached hydrogen (secondary N) is 1. The summed E-state index contributed by atoms with van der Waals surface area (Å²) in [6.45, 7) is 2.14. The first kappa shape index (κ1) is 16.8. The lowest BCUT2D eigenvalue weighted by Crippen LogP contribution is -2.26. The van der Waals surface area contributed by atoms with Crippen molar-refractivity contribution in [2.75, 3.05) is 31.5 Å². The van der Waals surface area contributed by atoms with Gasteiger partial charge in [0, 0.05) is 32.4 Å². The van der Waals surface area contributed by atoms with Crippen molar-refractivity contribution in [2.45, 2.75) is 17.9 Å². The number of rotatable bonds is 3. The number of aryl methyl sites for hydroxylation is 1. The molecule has 0 aliphatic carbocycles. The average molecular weight is 377 g/mol. The first-order valence-corrected chi connectivity index (χ1v) is 9.80. The van der Waals surface area contributed by atoms with Crippen LogP contribution in [-0.4, -0.2) is 50.6 Å². The van der Waals surface area contributed by atoms with Gasteiger partial charge in [-0.05, 0) is 24.6 Å². The van der Waals surface area contributed by atoms with E-state index in [2.05, 4.69) is 4.72 Å². The third-order valence-corrected chi connectivity index (χ3v) is 5.78. The Kier molecular flexibility index (Phi) is 4.03. The maximum absolute atomic E-state index is 12.7. The van der Waals surface area contributed by atoms with Crippen LogP contribution in [0.2, 0.25) is 0 Å². The SMILES string of the molecule is CN1CCCn2cc(S(=O)(=O)Nc3ccc4c(c3)OCCO4)cc2C1=O. The van der Waals surface area contributed by atoms with Gasteiger partial charge in [-0.3, -0.25) is 9.52 Å².